The van der Waals surface area contributed by atoms with Gasteiger partial charge in [0.15, 0.2) is 0 Å². The van der Waals surface area contributed by atoms with E-state index < -0.39 is 78.5 Å². The zero-order valence-electron chi connectivity index (χ0n) is 35.2. The van der Waals surface area contributed by atoms with E-state index in [0.29, 0.717) is 12.1 Å². The Hall–Kier alpha value is -5.63. The molecule has 0 aliphatic carbocycles. The maximum Gasteiger partial charge on any atom is 0.312 e. The van der Waals surface area contributed by atoms with Gasteiger partial charge in [0, 0.05) is 61.6 Å². The minimum Gasteiger partial charge on any atom is -0.481 e. The van der Waals surface area contributed by atoms with Gasteiger partial charge in [-0.1, -0.05) is 54.5 Å². The largest absolute Gasteiger partial charge is 0.481 e. The van der Waals surface area contributed by atoms with Gasteiger partial charge in [0.1, 0.15) is 24.5 Å². The molecule has 20 nitrogen and oxygen atoms in total. The van der Waals surface area contributed by atoms with Gasteiger partial charge in [-0.2, -0.15) is 0 Å². The first-order chi connectivity index (χ1) is 27.7. The maximum atomic E-state index is 13.2. The lowest BCUT2D eigenvalue weighted by Crippen LogP contribution is -2.56. The summed E-state index contributed by atoms with van der Waals surface area (Å²) in [6, 6.07) is 1.54. The second-order valence-electron chi connectivity index (χ2n) is 14.3. The molecular formula is C39H64N8O12. The monoisotopic (exact) mass is 836 g/mol. The number of aliphatic carboxylic acids is 1. The summed E-state index contributed by atoms with van der Waals surface area (Å²) < 4.78 is 10.6. The Morgan fingerprint density at radius 1 is 0.780 bits per heavy atom. The van der Waals surface area contributed by atoms with Gasteiger partial charge in [0.2, 0.25) is 23.6 Å². The molecule has 0 aliphatic heterocycles. The summed E-state index contributed by atoms with van der Waals surface area (Å²) in [5, 5.41) is 24.3. The quantitative estimate of drug-likeness (QED) is 0.0459. The summed E-state index contributed by atoms with van der Waals surface area (Å²) in [5.41, 5.74) is 11.0. The molecule has 1 aromatic rings. The number of rotatable bonds is 26. The van der Waals surface area contributed by atoms with Crippen LogP contribution in [0.25, 0.3) is 0 Å². The normalized spacial score (nSPS) is 11.6. The third-order valence-corrected chi connectivity index (χ3v) is 8.04. The van der Waals surface area contributed by atoms with Crippen molar-refractivity contribution in [3.8, 4) is 0 Å². The highest BCUT2D eigenvalue weighted by Gasteiger charge is 2.29. The van der Waals surface area contributed by atoms with Crippen LogP contribution in [0, 0.1) is 17.8 Å². The van der Waals surface area contributed by atoms with E-state index in [4.69, 9.17) is 26.0 Å². The molecule has 0 saturated heterocycles. The predicted octanol–water partition coefficient (Wildman–Crippen LogP) is 0.706. The number of urea groups is 1. The first-order valence-electron chi connectivity index (χ1n) is 19.5. The zero-order valence-corrected chi connectivity index (χ0v) is 35.2. The highest BCUT2D eigenvalue weighted by Crippen LogP contribution is 2.18. The molecular weight excluding hydrogens is 772 g/mol. The Kier molecular flexibility index (Phi) is 26.7. The Morgan fingerprint density at radius 3 is 1.98 bits per heavy atom. The standard InChI is InChI=1S/C35H54N6O11.C4H10N2O/c1-20(2)27(42)11-15-51-16-12-28(43)40-26(9-10-30(45)46)33(48)41-31(21(3)4)34(49)38-18-29(44)39-24-8-7-23(19-52-35(50)22(5)6)25(17-24)32(47)37-14-13-36;1-2-3-6-4(5)7/h7-8,17,20-22,26,31H,9-16,18-19,36H2,1-6H3,(H,37,47)(H,38,49)(H,39,44)(H,40,43)(H,41,48)(H,45,46);2-3H2,1H3,(H3,5,6,7). The Labute approximate surface area is 345 Å². The third-order valence-electron chi connectivity index (χ3n) is 8.04. The van der Waals surface area contributed by atoms with Crippen LogP contribution in [0.5, 0.6) is 0 Å². The fraction of sp³-hybridized carbons (Fsp3) is 0.615. The van der Waals surface area contributed by atoms with E-state index >= 15 is 0 Å². The summed E-state index contributed by atoms with van der Waals surface area (Å²) in [6.07, 6.45) is 0.291. The predicted molar refractivity (Wildman–Crippen MR) is 217 cm³/mol. The molecule has 0 bridgehead atoms. The first kappa shape index (κ1) is 53.4. The molecule has 0 heterocycles. The Balaban J connectivity index is 0.00000438. The lowest BCUT2D eigenvalue weighted by Gasteiger charge is -2.25. The van der Waals surface area contributed by atoms with Crippen LogP contribution in [0.4, 0.5) is 10.5 Å². The average Bonchev–Trinajstić information content (AvgIpc) is 3.17. The molecule has 2 unspecified atom stereocenters. The minimum absolute atomic E-state index is 0.0203. The van der Waals surface area contributed by atoms with Crippen molar-refractivity contribution < 1.29 is 57.7 Å². The summed E-state index contributed by atoms with van der Waals surface area (Å²) in [7, 11) is 0. The van der Waals surface area contributed by atoms with Gasteiger partial charge >= 0.3 is 18.0 Å². The number of ketones is 1. The number of amides is 7. The number of carboxylic acids is 1. The number of esters is 1. The number of primary amides is 1. The molecule has 7 amide bonds. The molecule has 1 aromatic carbocycles. The number of ether oxygens (including phenoxy) is 2. The molecule has 0 aliphatic rings. The van der Waals surface area contributed by atoms with E-state index in [0.717, 1.165) is 6.42 Å². The lowest BCUT2D eigenvalue weighted by molar-refractivity contribution is -0.148. The summed E-state index contributed by atoms with van der Waals surface area (Å²) >= 11 is 0. The van der Waals surface area contributed by atoms with Crippen molar-refractivity contribution in [2.24, 2.45) is 29.2 Å². The van der Waals surface area contributed by atoms with Crippen LogP contribution in [0.15, 0.2) is 18.2 Å². The van der Waals surface area contributed by atoms with Crippen LogP contribution in [0.2, 0.25) is 0 Å². The number of nitrogens with one attached hydrogen (secondary N) is 6. The summed E-state index contributed by atoms with van der Waals surface area (Å²) in [5.74, 6) is -5.86. The molecule has 1 rings (SSSR count). The number of carboxylic acid groups (broad SMARTS) is 1. The van der Waals surface area contributed by atoms with Crippen molar-refractivity contribution in [1.82, 2.24) is 26.6 Å². The maximum absolute atomic E-state index is 13.2. The van der Waals surface area contributed by atoms with E-state index in [1.54, 1.807) is 41.5 Å². The van der Waals surface area contributed by atoms with E-state index in [-0.39, 0.29) is 81.0 Å². The fourth-order valence-electron chi connectivity index (χ4n) is 4.64. The van der Waals surface area contributed by atoms with Crippen LogP contribution in [-0.4, -0.2) is 110 Å². The smallest absolute Gasteiger partial charge is 0.312 e. The summed E-state index contributed by atoms with van der Waals surface area (Å²) in [6.45, 7) is 12.6. The van der Waals surface area contributed by atoms with Gasteiger partial charge in [-0.25, -0.2) is 4.79 Å². The zero-order chi connectivity index (χ0) is 45.1. The topological polar surface area (TPSA) is 317 Å². The van der Waals surface area contributed by atoms with Crippen LogP contribution >= 0.6 is 0 Å². The highest BCUT2D eigenvalue weighted by atomic mass is 16.5. The minimum atomic E-state index is -1.28. The van der Waals surface area contributed by atoms with Crippen LogP contribution in [0.3, 0.4) is 0 Å². The van der Waals surface area contributed by atoms with Crippen LogP contribution < -0.4 is 43.4 Å². The lowest BCUT2D eigenvalue weighted by atomic mass is 10.0. The molecule has 2 atom stereocenters. The van der Waals surface area contributed by atoms with Crippen molar-refractivity contribution >= 4 is 59.0 Å². The molecule has 0 fully saturated rings. The van der Waals surface area contributed by atoms with Gasteiger partial charge in [-0.3, -0.25) is 38.4 Å². The number of carbonyl (C=O) groups is 9. The van der Waals surface area contributed by atoms with Crippen LogP contribution in [-0.2, 0) is 49.6 Å². The Morgan fingerprint density at radius 2 is 1.44 bits per heavy atom. The number of hydrogen-bond acceptors (Lipinski definition) is 12. The van der Waals surface area contributed by atoms with Gasteiger partial charge < -0.3 is 57.9 Å². The SMILES string of the molecule is CC(C)C(=O)CCOCCC(=O)NC(CCC(=O)O)C(=O)NC(C(=O)NCC(=O)Nc1ccc(COC(=O)C(C)C)c(C(=O)NCCN)c1)C(C)C.CCCNC(N)=O. The number of carbonyl (C=O) groups excluding carboxylic acids is 8. The molecule has 20 heteroatoms. The molecule has 332 valence electrons. The second kappa shape index (κ2) is 29.6. The highest BCUT2D eigenvalue weighted by molar-refractivity contribution is 6.00. The molecule has 0 aromatic heterocycles. The van der Waals surface area contributed by atoms with Crippen molar-refractivity contribution in [2.45, 2.75) is 99.3 Å². The molecule has 59 heavy (non-hydrogen) atoms. The van der Waals surface area contributed by atoms with Crippen molar-refractivity contribution in [3.63, 3.8) is 0 Å². The molecule has 0 spiro atoms. The Bertz CT molecular complexity index is 1570. The van der Waals surface area contributed by atoms with E-state index in [1.807, 2.05) is 6.92 Å². The van der Waals surface area contributed by atoms with Gasteiger partial charge in [0.25, 0.3) is 5.91 Å². The fourth-order valence-corrected chi connectivity index (χ4v) is 4.64. The van der Waals surface area contributed by atoms with E-state index in [9.17, 15) is 43.2 Å². The molecule has 11 N–H and O–H groups in total. The van der Waals surface area contributed by atoms with E-state index in [2.05, 4.69) is 31.9 Å². The number of Topliss-reactive ketones (excluding diaryl/α,β-unsaturated/α-hetero) is 1. The van der Waals surface area contributed by atoms with Gasteiger partial charge in [-0.15, -0.1) is 0 Å². The summed E-state index contributed by atoms with van der Waals surface area (Å²) in [4.78, 5) is 109. The number of hydrogen-bond donors (Lipinski definition) is 9. The average molecular weight is 837 g/mol. The van der Waals surface area contributed by atoms with Gasteiger partial charge in [-0.05, 0) is 30.9 Å². The number of benzene rings is 1. The number of nitrogens with two attached hydrogens (primary N) is 2. The van der Waals surface area contributed by atoms with Crippen molar-refractivity contribution in [3.05, 3.63) is 29.3 Å². The first-order valence-corrected chi connectivity index (χ1v) is 19.5. The molecule has 0 saturated carbocycles. The van der Waals surface area contributed by atoms with Crippen molar-refractivity contribution in [2.75, 3.05) is 44.7 Å². The van der Waals surface area contributed by atoms with Crippen molar-refractivity contribution in [1.29, 1.82) is 0 Å². The third kappa shape index (κ3) is 24.0. The van der Waals surface area contributed by atoms with Gasteiger partial charge in [0.05, 0.1) is 25.7 Å². The molecule has 0 radical (unpaired) electrons. The van der Waals surface area contributed by atoms with E-state index in [1.165, 1.54) is 18.2 Å². The number of anilines is 1. The second-order valence-corrected chi connectivity index (χ2v) is 14.3. The van der Waals surface area contributed by atoms with Crippen LogP contribution in [0.1, 0.15) is 96.5 Å².